The van der Waals surface area contributed by atoms with Crippen molar-refractivity contribution in [1.82, 2.24) is 25.0 Å². The van der Waals surface area contributed by atoms with Gasteiger partial charge in [0.1, 0.15) is 11.4 Å². The molecule has 0 spiro atoms. The first-order chi connectivity index (χ1) is 17.5. The minimum absolute atomic E-state index is 0.111. The molecule has 36 heavy (non-hydrogen) atoms. The van der Waals surface area contributed by atoms with Gasteiger partial charge in [-0.15, -0.1) is 0 Å². The van der Waals surface area contributed by atoms with Crippen LogP contribution in [0, 0.1) is 0 Å². The lowest BCUT2D eigenvalue weighted by Crippen LogP contribution is -2.27. The zero-order valence-corrected chi connectivity index (χ0v) is 19.6. The van der Waals surface area contributed by atoms with Crippen LogP contribution in [-0.2, 0) is 7.05 Å². The lowest BCUT2D eigenvalue weighted by molar-refractivity contribution is 0.0950. The van der Waals surface area contributed by atoms with Gasteiger partial charge < -0.3 is 4.74 Å². The number of amides is 1. The third kappa shape index (κ3) is 4.37. The Morgan fingerprint density at radius 2 is 1.64 bits per heavy atom. The number of nitrogens with one attached hydrogen (secondary N) is 1. The van der Waals surface area contributed by atoms with E-state index in [1.807, 2.05) is 60.8 Å². The van der Waals surface area contributed by atoms with Crippen LogP contribution in [0.25, 0.3) is 27.7 Å². The number of para-hydroxylation sites is 1. The number of aryl methyl sites for hydroxylation is 1. The van der Waals surface area contributed by atoms with Crippen LogP contribution in [0.2, 0.25) is 0 Å². The molecule has 3 aromatic carbocycles. The van der Waals surface area contributed by atoms with Crippen LogP contribution in [0.5, 0.6) is 5.75 Å². The van der Waals surface area contributed by atoms with Crippen molar-refractivity contribution < 1.29 is 9.53 Å². The van der Waals surface area contributed by atoms with E-state index >= 15 is 0 Å². The topological polar surface area (TPSA) is 103 Å². The molecule has 0 saturated heterocycles. The Morgan fingerprint density at radius 3 is 2.36 bits per heavy atom. The molecule has 0 fully saturated rings. The van der Waals surface area contributed by atoms with Crippen LogP contribution in [0.1, 0.15) is 16.1 Å². The van der Waals surface area contributed by atoms with Gasteiger partial charge in [0.05, 0.1) is 24.4 Å². The average molecular weight is 479 g/mol. The first-order valence-electron chi connectivity index (χ1n) is 11.1. The Labute approximate surface area is 206 Å². The summed E-state index contributed by atoms with van der Waals surface area (Å²) in [6, 6.07) is 24.1. The van der Waals surface area contributed by atoms with E-state index in [0.717, 1.165) is 21.7 Å². The molecule has 178 valence electrons. The maximum atomic E-state index is 12.9. The summed E-state index contributed by atoms with van der Waals surface area (Å²) in [6.45, 7) is 0. The van der Waals surface area contributed by atoms with Gasteiger partial charge in [0, 0.05) is 29.8 Å². The van der Waals surface area contributed by atoms with Crippen molar-refractivity contribution in [2.75, 3.05) is 7.11 Å². The molecule has 0 radical (unpaired) electrons. The number of aromatic nitrogens is 4. The van der Waals surface area contributed by atoms with Crippen LogP contribution in [0.15, 0.2) is 95.0 Å². The molecular weight excluding hydrogens is 456 g/mol. The van der Waals surface area contributed by atoms with E-state index in [4.69, 9.17) is 9.84 Å². The highest BCUT2D eigenvalue weighted by Gasteiger charge is 2.16. The summed E-state index contributed by atoms with van der Waals surface area (Å²) < 4.78 is 8.16. The minimum Gasteiger partial charge on any atom is -0.497 e. The van der Waals surface area contributed by atoms with Gasteiger partial charge in [0.25, 0.3) is 11.5 Å². The number of hydrogen-bond donors (Lipinski definition) is 1. The van der Waals surface area contributed by atoms with E-state index in [0.29, 0.717) is 22.0 Å². The van der Waals surface area contributed by atoms with Gasteiger partial charge in [0.2, 0.25) is 0 Å². The number of hydrazone groups is 1. The van der Waals surface area contributed by atoms with E-state index < -0.39 is 5.91 Å². The van der Waals surface area contributed by atoms with E-state index in [1.165, 1.54) is 13.3 Å². The Kier molecular flexibility index (Phi) is 6.10. The summed E-state index contributed by atoms with van der Waals surface area (Å²) in [4.78, 5) is 25.3. The molecule has 1 amide bonds. The van der Waals surface area contributed by atoms with E-state index in [2.05, 4.69) is 15.6 Å². The van der Waals surface area contributed by atoms with Crippen molar-refractivity contribution in [3.63, 3.8) is 0 Å². The second kappa shape index (κ2) is 9.67. The number of carbonyl (C=O) groups is 1. The molecule has 0 saturated carbocycles. The highest BCUT2D eigenvalue weighted by molar-refractivity contribution is 6.05. The molecule has 9 heteroatoms. The fourth-order valence-corrected chi connectivity index (χ4v) is 3.85. The number of hydrogen-bond acceptors (Lipinski definition) is 6. The summed E-state index contributed by atoms with van der Waals surface area (Å²) in [5.74, 6) is 0.209. The largest absolute Gasteiger partial charge is 0.497 e. The SMILES string of the molecule is COc1ccc(-c2nn(-c3ccccc3)cc2/C=N/NC(=O)c2nn(C)c(=O)c3ccccc23)cc1. The first kappa shape index (κ1) is 22.7. The third-order valence-electron chi connectivity index (χ3n) is 5.67. The van der Waals surface area contributed by atoms with E-state index in [9.17, 15) is 9.59 Å². The maximum absolute atomic E-state index is 12.9. The highest BCUT2D eigenvalue weighted by atomic mass is 16.5. The summed E-state index contributed by atoms with van der Waals surface area (Å²) in [6.07, 6.45) is 3.37. The molecule has 2 aromatic heterocycles. The molecule has 0 bridgehead atoms. The molecule has 5 aromatic rings. The molecule has 5 rings (SSSR count). The van der Waals surface area contributed by atoms with E-state index in [1.54, 1.807) is 36.1 Å². The van der Waals surface area contributed by atoms with Crippen molar-refractivity contribution in [1.29, 1.82) is 0 Å². The molecule has 9 nitrogen and oxygen atoms in total. The number of rotatable bonds is 6. The summed E-state index contributed by atoms with van der Waals surface area (Å²) in [7, 11) is 3.12. The van der Waals surface area contributed by atoms with Crippen LogP contribution in [0.3, 0.4) is 0 Å². The van der Waals surface area contributed by atoms with Crippen molar-refractivity contribution in [2.45, 2.75) is 0 Å². The Bertz CT molecular complexity index is 1640. The van der Waals surface area contributed by atoms with Gasteiger partial charge in [-0.25, -0.2) is 14.8 Å². The lowest BCUT2D eigenvalue weighted by atomic mass is 10.1. The number of fused-ring (bicyclic) bond motifs is 1. The minimum atomic E-state index is -0.528. The van der Waals surface area contributed by atoms with Crippen molar-refractivity contribution in [3.8, 4) is 22.7 Å². The number of methoxy groups -OCH3 is 1. The van der Waals surface area contributed by atoms with Crippen molar-refractivity contribution in [3.05, 3.63) is 107 Å². The molecule has 0 aliphatic heterocycles. The molecule has 2 heterocycles. The van der Waals surface area contributed by atoms with Gasteiger partial charge in [0.15, 0.2) is 5.69 Å². The van der Waals surface area contributed by atoms with Gasteiger partial charge in [-0.05, 0) is 42.5 Å². The van der Waals surface area contributed by atoms with Crippen molar-refractivity contribution in [2.24, 2.45) is 12.1 Å². The van der Waals surface area contributed by atoms with Gasteiger partial charge in [-0.3, -0.25) is 9.59 Å². The van der Waals surface area contributed by atoms with Crippen molar-refractivity contribution >= 4 is 22.9 Å². The molecular formula is C27H22N6O3. The Morgan fingerprint density at radius 1 is 0.944 bits per heavy atom. The monoisotopic (exact) mass is 478 g/mol. The van der Waals surface area contributed by atoms with Crippen LogP contribution >= 0.6 is 0 Å². The van der Waals surface area contributed by atoms with Crippen LogP contribution < -0.4 is 15.7 Å². The van der Waals surface area contributed by atoms with E-state index in [-0.39, 0.29) is 11.3 Å². The quantitative estimate of drug-likeness (QED) is 0.297. The normalized spacial score (nSPS) is 11.2. The highest BCUT2D eigenvalue weighted by Crippen LogP contribution is 2.25. The standard InChI is InChI=1S/C27H22N6O3/c1-32-27(35)23-11-7-6-10-22(23)25(30-32)26(34)29-28-16-19-17-33(20-8-4-3-5-9-20)31-24(19)18-12-14-21(36-2)15-13-18/h3-17H,1-2H3,(H,29,34)/b28-16+. The zero-order valence-electron chi connectivity index (χ0n) is 19.6. The number of ether oxygens (including phenoxy) is 1. The second-order valence-corrected chi connectivity index (χ2v) is 7.96. The molecule has 0 aliphatic rings. The van der Waals surface area contributed by atoms with Crippen LogP contribution in [0.4, 0.5) is 0 Å². The number of carbonyl (C=O) groups excluding carboxylic acids is 1. The first-order valence-corrected chi connectivity index (χ1v) is 11.1. The Hall–Kier alpha value is -5.05. The Balaban J connectivity index is 1.48. The van der Waals surface area contributed by atoms with Gasteiger partial charge >= 0.3 is 0 Å². The maximum Gasteiger partial charge on any atom is 0.292 e. The summed E-state index contributed by atoms with van der Waals surface area (Å²) in [5.41, 5.74) is 5.50. The molecule has 1 N–H and O–H groups in total. The third-order valence-corrected chi connectivity index (χ3v) is 5.67. The summed E-state index contributed by atoms with van der Waals surface area (Å²) in [5, 5.41) is 13.9. The van der Waals surface area contributed by atoms with Gasteiger partial charge in [-0.1, -0.05) is 36.4 Å². The average Bonchev–Trinajstić information content (AvgIpc) is 3.35. The number of nitrogens with zero attached hydrogens (tertiary/aromatic N) is 5. The summed E-state index contributed by atoms with van der Waals surface area (Å²) >= 11 is 0. The predicted molar refractivity (Wildman–Crippen MR) is 138 cm³/mol. The fraction of sp³-hybridized carbons (Fsp3) is 0.0741. The lowest BCUT2D eigenvalue weighted by Gasteiger charge is -2.06. The van der Waals surface area contributed by atoms with Gasteiger partial charge in [-0.2, -0.15) is 15.3 Å². The van der Waals surface area contributed by atoms with Crippen LogP contribution in [-0.4, -0.2) is 38.8 Å². The molecule has 0 unspecified atom stereocenters. The second-order valence-electron chi connectivity index (χ2n) is 7.96. The molecule has 0 aliphatic carbocycles. The molecule has 0 atom stereocenters. The smallest absolute Gasteiger partial charge is 0.292 e. The zero-order chi connectivity index (χ0) is 25.1. The number of benzene rings is 3. The fourth-order valence-electron chi connectivity index (χ4n) is 3.85. The predicted octanol–water partition coefficient (Wildman–Crippen LogP) is 3.56.